The Kier molecular flexibility index (Phi) is 6.99. The second-order valence-electron chi connectivity index (χ2n) is 12.4. The molecule has 0 bridgehead atoms. The van der Waals surface area contributed by atoms with Gasteiger partial charge < -0.3 is 0 Å². The molecule has 0 unspecified atom stereocenters. The zero-order valence-electron chi connectivity index (χ0n) is 17.3. The first kappa shape index (κ1) is 21.8. The van der Waals surface area contributed by atoms with Crippen molar-refractivity contribution >= 4 is 18.4 Å². The summed E-state index contributed by atoms with van der Waals surface area (Å²) in [7, 11) is 0. The third-order valence-corrected chi connectivity index (χ3v) is 24.3. The Hall–Kier alpha value is 0.799. The van der Waals surface area contributed by atoms with Crippen molar-refractivity contribution in [3.63, 3.8) is 0 Å². The monoisotopic (exact) mass is 404 g/mol. The first-order valence-corrected chi connectivity index (χ1v) is 16.9. The van der Waals surface area contributed by atoms with Crippen LogP contribution in [0.4, 0.5) is 0 Å². The predicted molar refractivity (Wildman–Crippen MR) is 103 cm³/mol. The molecule has 0 rings (SSSR count). The van der Waals surface area contributed by atoms with Gasteiger partial charge in [-0.1, -0.05) is 0 Å². The van der Waals surface area contributed by atoms with Crippen LogP contribution in [0.1, 0.15) is 83.1 Å². The molecule has 21 heavy (non-hydrogen) atoms. The van der Waals surface area contributed by atoms with E-state index in [2.05, 4.69) is 83.1 Å². The van der Waals surface area contributed by atoms with Gasteiger partial charge in [-0.05, 0) is 0 Å². The van der Waals surface area contributed by atoms with Crippen LogP contribution in [-0.2, 0) is 0 Å². The molecule has 0 N–H and O–H groups in total. The van der Waals surface area contributed by atoms with Gasteiger partial charge in [-0.2, -0.15) is 0 Å². The van der Waals surface area contributed by atoms with Gasteiger partial charge in [-0.15, -0.1) is 0 Å². The maximum atomic E-state index is 2.46. The van der Waals surface area contributed by atoms with Gasteiger partial charge in [-0.3, -0.25) is 0 Å². The van der Waals surface area contributed by atoms with E-state index in [4.69, 9.17) is 0 Å². The van der Waals surface area contributed by atoms with Crippen molar-refractivity contribution in [2.75, 3.05) is 0 Å². The van der Waals surface area contributed by atoms with E-state index in [-0.39, 0.29) is 0 Å². The normalized spacial score (nSPS) is 15.4. The van der Waals surface area contributed by atoms with Gasteiger partial charge in [0.15, 0.2) is 0 Å². The van der Waals surface area contributed by atoms with Crippen LogP contribution in [0.3, 0.4) is 0 Å². The van der Waals surface area contributed by atoms with E-state index in [0.717, 1.165) is 0 Å². The molecule has 0 spiro atoms. The number of rotatable bonds is 4. The summed E-state index contributed by atoms with van der Waals surface area (Å²) in [6, 6.07) is 0. The molecule has 0 fully saturated rings. The van der Waals surface area contributed by atoms with E-state index in [9.17, 15) is 0 Å². The quantitative estimate of drug-likeness (QED) is 0.424. The molecular formula is C20H44Sn. The summed E-state index contributed by atoms with van der Waals surface area (Å²) in [4.78, 5) is 0. The van der Waals surface area contributed by atoms with Gasteiger partial charge >= 0.3 is 141 Å². The molecule has 128 valence electrons. The van der Waals surface area contributed by atoms with Crippen molar-refractivity contribution in [2.24, 2.45) is 21.7 Å². The molecule has 0 aromatic heterocycles. The molecule has 0 saturated heterocycles. The third kappa shape index (κ3) is 12.0. The van der Waals surface area contributed by atoms with Crippen LogP contribution >= 0.6 is 0 Å². The zero-order chi connectivity index (χ0) is 17.3. The van der Waals surface area contributed by atoms with Gasteiger partial charge in [0.1, 0.15) is 0 Å². The number of hydrogen-bond donors (Lipinski definition) is 0. The molecule has 0 amide bonds. The topological polar surface area (TPSA) is 0 Å². The summed E-state index contributed by atoms with van der Waals surface area (Å²) < 4.78 is 6.14. The van der Waals surface area contributed by atoms with Crippen LogP contribution in [0, 0.1) is 21.7 Å². The summed E-state index contributed by atoms with van der Waals surface area (Å²) in [6.45, 7) is 29.6. The van der Waals surface area contributed by atoms with Crippen LogP contribution in [0.25, 0.3) is 0 Å². The molecule has 0 aromatic carbocycles. The average Bonchev–Trinajstić information content (AvgIpc) is 1.83. The molecule has 0 nitrogen and oxygen atoms in total. The van der Waals surface area contributed by atoms with E-state index in [1.807, 2.05) is 0 Å². The zero-order valence-corrected chi connectivity index (χ0v) is 20.2. The van der Waals surface area contributed by atoms with Crippen molar-refractivity contribution in [3.8, 4) is 0 Å². The van der Waals surface area contributed by atoms with Crippen molar-refractivity contribution in [1.29, 1.82) is 0 Å². The number of hydrogen-bond acceptors (Lipinski definition) is 0. The molecule has 0 saturated carbocycles. The van der Waals surface area contributed by atoms with Crippen LogP contribution in [0.5, 0.6) is 0 Å². The van der Waals surface area contributed by atoms with Gasteiger partial charge in [0.05, 0.1) is 0 Å². The van der Waals surface area contributed by atoms with Crippen LogP contribution in [0.15, 0.2) is 0 Å². The molecular weight excluding hydrogens is 359 g/mol. The summed E-state index contributed by atoms with van der Waals surface area (Å²) in [6.07, 6.45) is 0. The third-order valence-electron chi connectivity index (χ3n) is 3.62. The fourth-order valence-electron chi connectivity index (χ4n) is 4.87. The summed E-state index contributed by atoms with van der Waals surface area (Å²) in [5.41, 5.74) is 1.94. The molecule has 0 heterocycles. The van der Waals surface area contributed by atoms with E-state index < -0.39 is 18.4 Å². The average molecular weight is 403 g/mol. The Morgan fingerprint density at radius 1 is 0.381 bits per heavy atom. The Morgan fingerprint density at radius 3 is 0.619 bits per heavy atom. The summed E-state index contributed by atoms with van der Waals surface area (Å²) >= 11 is -2.25. The fraction of sp³-hybridized carbons (Fsp3) is 1.00. The van der Waals surface area contributed by atoms with E-state index >= 15 is 0 Å². The SMILES string of the molecule is CC(C)(C)[CH2][Sn]([CH2]C(C)(C)C)([CH2]C(C)(C)C)[CH2]C(C)(C)C. The van der Waals surface area contributed by atoms with Gasteiger partial charge in [0.2, 0.25) is 0 Å². The second-order valence-corrected chi connectivity index (χ2v) is 25.0. The molecule has 0 aliphatic rings. The Bertz CT molecular complexity index is 242. The molecule has 0 aliphatic carbocycles. The Labute approximate surface area is 140 Å². The molecule has 0 aliphatic heterocycles. The van der Waals surface area contributed by atoms with E-state index in [0.29, 0.717) is 21.7 Å². The van der Waals surface area contributed by atoms with Crippen LogP contribution in [-0.4, -0.2) is 18.4 Å². The van der Waals surface area contributed by atoms with Crippen molar-refractivity contribution in [1.82, 2.24) is 0 Å². The van der Waals surface area contributed by atoms with Crippen molar-refractivity contribution in [2.45, 2.75) is 101 Å². The Morgan fingerprint density at radius 2 is 0.524 bits per heavy atom. The standard InChI is InChI=1S/4C5H11.Sn/c4*1-5(2,3)4;/h4*1H2,2-4H3;. The van der Waals surface area contributed by atoms with Crippen molar-refractivity contribution in [3.05, 3.63) is 0 Å². The van der Waals surface area contributed by atoms with Crippen LogP contribution in [0.2, 0.25) is 17.7 Å². The summed E-state index contributed by atoms with van der Waals surface area (Å²) in [5.74, 6) is 0. The molecule has 0 aromatic rings. The summed E-state index contributed by atoms with van der Waals surface area (Å²) in [5, 5.41) is 0. The van der Waals surface area contributed by atoms with Crippen molar-refractivity contribution < 1.29 is 0 Å². The van der Waals surface area contributed by atoms with Gasteiger partial charge in [-0.25, -0.2) is 0 Å². The molecule has 0 atom stereocenters. The first-order chi connectivity index (χ1) is 8.83. The minimum absolute atomic E-state index is 0.484. The predicted octanol–water partition coefficient (Wildman–Crippen LogP) is 7.62. The van der Waals surface area contributed by atoms with Crippen LogP contribution < -0.4 is 0 Å². The van der Waals surface area contributed by atoms with E-state index in [1.165, 1.54) is 17.7 Å². The Balaban J connectivity index is 5.70. The van der Waals surface area contributed by atoms with Gasteiger partial charge in [0, 0.05) is 0 Å². The second kappa shape index (κ2) is 6.73. The van der Waals surface area contributed by atoms with Gasteiger partial charge in [0.25, 0.3) is 0 Å². The fourth-order valence-corrected chi connectivity index (χ4v) is 32.7. The molecule has 0 radical (unpaired) electrons. The maximum absolute atomic E-state index is 2.46. The molecule has 1 heteroatoms. The van der Waals surface area contributed by atoms with E-state index in [1.54, 1.807) is 0 Å². The first-order valence-electron chi connectivity index (χ1n) is 8.83. The minimum atomic E-state index is -2.25.